The van der Waals surface area contributed by atoms with Gasteiger partial charge in [-0.2, -0.15) is 0 Å². The third-order valence-corrected chi connectivity index (χ3v) is 5.75. The minimum atomic E-state index is -0.208. The van der Waals surface area contributed by atoms with Crippen LogP contribution in [0.2, 0.25) is 4.34 Å². The number of likely N-dealkylation sites (tertiary alicyclic amines) is 1. The molecule has 0 spiro atoms. The summed E-state index contributed by atoms with van der Waals surface area (Å²) in [5.41, 5.74) is 11.9. The third kappa shape index (κ3) is 3.77. The number of piperidine rings is 1. The predicted molar refractivity (Wildman–Crippen MR) is 88.4 cm³/mol. The zero-order chi connectivity index (χ0) is 15.6. The lowest BCUT2D eigenvalue weighted by atomic mass is 9.89. The second-order valence-corrected chi connectivity index (χ2v) is 7.63. The Morgan fingerprint density at radius 1 is 1.52 bits per heavy atom. The van der Waals surface area contributed by atoms with E-state index < -0.39 is 0 Å². The van der Waals surface area contributed by atoms with Crippen molar-refractivity contribution in [3.63, 3.8) is 0 Å². The molecule has 4 atom stereocenters. The van der Waals surface area contributed by atoms with Crippen LogP contribution in [0.1, 0.15) is 44.0 Å². The first kappa shape index (κ1) is 16.7. The molecule has 0 radical (unpaired) electrons. The molecule has 1 fully saturated rings. The van der Waals surface area contributed by atoms with Crippen LogP contribution in [0.4, 0.5) is 0 Å². The summed E-state index contributed by atoms with van der Waals surface area (Å²) < 4.78 is 0.773. The molecule has 1 aliphatic rings. The average Bonchev–Trinajstić information content (AvgIpc) is 2.86. The number of halogens is 1. The molecule has 0 saturated carbocycles. The molecule has 1 saturated heterocycles. The Balaban J connectivity index is 2.28. The van der Waals surface area contributed by atoms with Crippen LogP contribution < -0.4 is 11.5 Å². The molecule has 21 heavy (non-hydrogen) atoms. The Bertz CT molecular complexity index is 493. The van der Waals surface area contributed by atoms with Crippen molar-refractivity contribution in [2.75, 3.05) is 6.54 Å². The SMILES string of the molecule is CCC(N)C(c1ccc(Cl)s1)N1CC(C(N)=O)CCC1C. The molecular weight excluding hydrogens is 306 g/mol. The summed E-state index contributed by atoms with van der Waals surface area (Å²) in [4.78, 5) is 15.1. The summed E-state index contributed by atoms with van der Waals surface area (Å²) in [6, 6.07) is 4.48. The highest BCUT2D eigenvalue weighted by atomic mass is 35.5. The van der Waals surface area contributed by atoms with Gasteiger partial charge in [0.25, 0.3) is 0 Å². The van der Waals surface area contributed by atoms with Gasteiger partial charge >= 0.3 is 0 Å². The molecule has 2 heterocycles. The van der Waals surface area contributed by atoms with E-state index >= 15 is 0 Å². The van der Waals surface area contributed by atoms with E-state index in [2.05, 4.69) is 18.7 Å². The van der Waals surface area contributed by atoms with Gasteiger partial charge in [0, 0.05) is 23.5 Å². The molecule has 0 bridgehead atoms. The van der Waals surface area contributed by atoms with E-state index in [-0.39, 0.29) is 23.9 Å². The molecule has 4 N–H and O–H groups in total. The van der Waals surface area contributed by atoms with E-state index in [1.807, 2.05) is 12.1 Å². The summed E-state index contributed by atoms with van der Waals surface area (Å²) in [6.45, 7) is 4.97. The van der Waals surface area contributed by atoms with Crippen LogP contribution >= 0.6 is 22.9 Å². The fraction of sp³-hybridized carbons (Fsp3) is 0.667. The molecular formula is C15H24ClN3OS. The highest BCUT2D eigenvalue weighted by Gasteiger charge is 2.36. The van der Waals surface area contributed by atoms with Crippen molar-refractivity contribution in [2.45, 2.75) is 51.2 Å². The minimum Gasteiger partial charge on any atom is -0.369 e. The van der Waals surface area contributed by atoms with Crippen LogP contribution in [-0.4, -0.2) is 29.4 Å². The third-order valence-electron chi connectivity index (χ3n) is 4.45. The van der Waals surface area contributed by atoms with Crippen LogP contribution in [0.5, 0.6) is 0 Å². The lowest BCUT2D eigenvalue weighted by Crippen LogP contribution is -2.51. The molecule has 118 valence electrons. The van der Waals surface area contributed by atoms with E-state index in [9.17, 15) is 4.79 Å². The maximum absolute atomic E-state index is 11.6. The largest absolute Gasteiger partial charge is 0.369 e. The van der Waals surface area contributed by atoms with Gasteiger partial charge in [0.1, 0.15) is 0 Å². The van der Waals surface area contributed by atoms with Gasteiger partial charge in [-0.1, -0.05) is 18.5 Å². The molecule has 1 amide bonds. The lowest BCUT2D eigenvalue weighted by Gasteiger charge is -2.43. The Morgan fingerprint density at radius 3 is 2.76 bits per heavy atom. The molecule has 0 aromatic carbocycles. The topological polar surface area (TPSA) is 72.3 Å². The monoisotopic (exact) mass is 329 g/mol. The molecule has 1 aliphatic heterocycles. The fourth-order valence-electron chi connectivity index (χ4n) is 3.08. The number of carbonyl (C=O) groups excluding carboxylic acids is 1. The van der Waals surface area contributed by atoms with Gasteiger partial charge in [0.2, 0.25) is 5.91 Å². The summed E-state index contributed by atoms with van der Waals surface area (Å²) in [5.74, 6) is -0.289. The maximum atomic E-state index is 11.6. The number of rotatable bonds is 5. The number of hydrogen-bond donors (Lipinski definition) is 2. The Hall–Kier alpha value is -0.620. The molecule has 6 heteroatoms. The lowest BCUT2D eigenvalue weighted by molar-refractivity contribution is -0.124. The van der Waals surface area contributed by atoms with Crippen LogP contribution in [0.15, 0.2) is 12.1 Å². The van der Waals surface area contributed by atoms with E-state index in [1.54, 1.807) is 11.3 Å². The first-order valence-corrected chi connectivity index (χ1v) is 8.69. The van der Waals surface area contributed by atoms with Gasteiger partial charge in [-0.05, 0) is 38.3 Å². The van der Waals surface area contributed by atoms with Crippen LogP contribution in [0.25, 0.3) is 0 Å². The number of primary amides is 1. The first-order chi connectivity index (χ1) is 9.93. The first-order valence-electron chi connectivity index (χ1n) is 7.49. The van der Waals surface area contributed by atoms with Gasteiger partial charge in [0.05, 0.1) is 16.3 Å². The highest BCUT2D eigenvalue weighted by Crippen LogP contribution is 2.37. The summed E-state index contributed by atoms with van der Waals surface area (Å²) in [7, 11) is 0. The van der Waals surface area contributed by atoms with Gasteiger partial charge in [0.15, 0.2) is 0 Å². The number of carbonyl (C=O) groups is 1. The zero-order valence-electron chi connectivity index (χ0n) is 12.6. The number of amides is 1. The second-order valence-electron chi connectivity index (χ2n) is 5.88. The standard InChI is InChI=1S/C15H24ClN3OS/c1-3-11(17)14(12-6-7-13(16)21-12)19-8-10(15(18)20)5-4-9(19)2/h6-7,9-11,14H,3-5,8,17H2,1-2H3,(H2,18,20). The summed E-state index contributed by atoms with van der Waals surface area (Å²) >= 11 is 7.66. The maximum Gasteiger partial charge on any atom is 0.221 e. The van der Waals surface area contributed by atoms with Crippen molar-refractivity contribution in [2.24, 2.45) is 17.4 Å². The van der Waals surface area contributed by atoms with Crippen LogP contribution in [0, 0.1) is 5.92 Å². The number of nitrogens with two attached hydrogens (primary N) is 2. The van der Waals surface area contributed by atoms with Gasteiger partial charge in [-0.25, -0.2) is 0 Å². The van der Waals surface area contributed by atoms with Crippen molar-refractivity contribution in [1.29, 1.82) is 0 Å². The Kier molecular flexibility index (Phi) is 5.66. The molecule has 2 rings (SSSR count). The van der Waals surface area contributed by atoms with Crippen LogP contribution in [-0.2, 0) is 4.79 Å². The summed E-state index contributed by atoms with van der Waals surface area (Å²) in [6.07, 6.45) is 2.72. The molecule has 1 aromatic rings. The van der Waals surface area contributed by atoms with E-state index in [0.717, 1.165) is 23.6 Å². The minimum absolute atomic E-state index is 0.0220. The quantitative estimate of drug-likeness (QED) is 0.872. The predicted octanol–water partition coefficient (Wildman–Crippen LogP) is 2.77. The van der Waals surface area contributed by atoms with Crippen molar-refractivity contribution >= 4 is 28.8 Å². The van der Waals surface area contributed by atoms with Crippen molar-refractivity contribution in [3.05, 3.63) is 21.3 Å². The van der Waals surface area contributed by atoms with Crippen molar-refractivity contribution in [1.82, 2.24) is 4.90 Å². The summed E-state index contributed by atoms with van der Waals surface area (Å²) in [5, 5.41) is 0. The molecule has 1 aromatic heterocycles. The Labute approximate surface area is 135 Å². The number of hydrogen-bond acceptors (Lipinski definition) is 4. The Morgan fingerprint density at radius 2 is 2.24 bits per heavy atom. The molecule has 4 unspecified atom stereocenters. The highest BCUT2D eigenvalue weighted by molar-refractivity contribution is 7.16. The zero-order valence-corrected chi connectivity index (χ0v) is 14.2. The fourth-order valence-corrected chi connectivity index (χ4v) is 4.34. The normalized spacial score (nSPS) is 26.5. The van der Waals surface area contributed by atoms with Crippen molar-refractivity contribution in [3.8, 4) is 0 Å². The average molecular weight is 330 g/mol. The molecule has 4 nitrogen and oxygen atoms in total. The van der Waals surface area contributed by atoms with E-state index in [4.69, 9.17) is 23.1 Å². The van der Waals surface area contributed by atoms with Crippen LogP contribution in [0.3, 0.4) is 0 Å². The van der Waals surface area contributed by atoms with E-state index in [0.29, 0.717) is 12.6 Å². The smallest absolute Gasteiger partial charge is 0.221 e. The van der Waals surface area contributed by atoms with E-state index in [1.165, 1.54) is 4.88 Å². The number of nitrogens with zero attached hydrogens (tertiary/aromatic N) is 1. The van der Waals surface area contributed by atoms with Gasteiger partial charge < -0.3 is 11.5 Å². The second kappa shape index (κ2) is 7.09. The molecule has 0 aliphatic carbocycles. The number of thiophene rings is 1. The van der Waals surface area contributed by atoms with Gasteiger partial charge in [-0.3, -0.25) is 9.69 Å². The van der Waals surface area contributed by atoms with Crippen molar-refractivity contribution < 1.29 is 4.79 Å². The van der Waals surface area contributed by atoms with Gasteiger partial charge in [-0.15, -0.1) is 11.3 Å².